The minimum absolute atomic E-state index is 0.561. The molecule has 2 aromatic heterocycles. The Morgan fingerprint density at radius 2 is 2.35 bits per heavy atom. The summed E-state index contributed by atoms with van der Waals surface area (Å²) in [5.74, 6) is 1.75. The van der Waals surface area contributed by atoms with E-state index >= 15 is 0 Å². The third-order valence-electron chi connectivity index (χ3n) is 3.65. The highest BCUT2D eigenvalue weighted by atomic mass is 15.1. The molecule has 1 aliphatic rings. The van der Waals surface area contributed by atoms with E-state index in [-0.39, 0.29) is 0 Å². The van der Waals surface area contributed by atoms with E-state index in [4.69, 9.17) is 4.98 Å². The first-order valence-electron chi connectivity index (χ1n) is 6.26. The van der Waals surface area contributed by atoms with Crippen LogP contribution in [0.2, 0.25) is 0 Å². The number of nitrogens with one attached hydrogen (secondary N) is 1. The molecule has 3 rings (SSSR count). The molecule has 0 spiro atoms. The number of rotatable bonds is 1. The van der Waals surface area contributed by atoms with Crippen molar-refractivity contribution in [3.8, 4) is 0 Å². The van der Waals surface area contributed by atoms with Gasteiger partial charge in [0.1, 0.15) is 11.3 Å². The predicted molar refractivity (Wildman–Crippen MR) is 67.9 cm³/mol. The molecule has 90 valence electrons. The fourth-order valence-corrected chi connectivity index (χ4v) is 2.77. The van der Waals surface area contributed by atoms with E-state index in [2.05, 4.69) is 28.8 Å². The van der Waals surface area contributed by atoms with Crippen molar-refractivity contribution in [3.63, 3.8) is 0 Å². The third-order valence-corrected chi connectivity index (χ3v) is 3.65. The van der Waals surface area contributed by atoms with Crippen LogP contribution in [0.4, 0.5) is 0 Å². The van der Waals surface area contributed by atoms with Gasteiger partial charge < -0.3 is 9.88 Å². The lowest BCUT2D eigenvalue weighted by Crippen LogP contribution is -2.35. The maximum absolute atomic E-state index is 4.74. The molecule has 1 fully saturated rings. The van der Waals surface area contributed by atoms with E-state index in [0.717, 1.165) is 24.1 Å². The van der Waals surface area contributed by atoms with Crippen LogP contribution in [0.1, 0.15) is 31.5 Å². The maximum atomic E-state index is 4.74. The van der Waals surface area contributed by atoms with Crippen molar-refractivity contribution in [1.29, 1.82) is 0 Å². The summed E-state index contributed by atoms with van der Waals surface area (Å²) in [5.41, 5.74) is 2.00. The molecule has 17 heavy (non-hydrogen) atoms. The Kier molecular flexibility index (Phi) is 2.59. The zero-order valence-corrected chi connectivity index (χ0v) is 10.3. The second-order valence-electron chi connectivity index (χ2n) is 4.95. The Hall–Kier alpha value is -1.42. The number of pyridine rings is 1. The smallest absolute Gasteiger partial charge is 0.159 e. The molecule has 0 bridgehead atoms. The van der Waals surface area contributed by atoms with E-state index in [1.807, 2.05) is 18.3 Å². The van der Waals surface area contributed by atoms with E-state index in [1.165, 1.54) is 12.2 Å². The molecule has 3 heterocycles. The van der Waals surface area contributed by atoms with E-state index < -0.39 is 0 Å². The standard InChI is InChI=1S/C13H18N4/c1-9-8-10(5-7-14-9)12-16-11-4-3-6-15-13(11)17(12)2/h3-4,6,9-10,14H,5,7-8H2,1-2H3. The summed E-state index contributed by atoms with van der Waals surface area (Å²) in [6, 6.07) is 4.57. The number of nitrogens with zero attached hydrogens (tertiary/aromatic N) is 3. The predicted octanol–water partition coefficient (Wildman–Crippen LogP) is 1.82. The number of hydrogen-bond donors (Lipinski definition) is 1. The van der Waals surface area contributed by atoms with Gasteiger partial charge in [-0.2, -0.15) is 0 Å². The summed E-state index contributed by atoms with van der Waals surface area (Å²) in [7, 11) is 2.07. The molecule has 0 aliphatic carbocycles. The third kappa shape index (κ3) is 1.82. The summed E-state index contributed by atoms with van der Waals surface area (Å²) < 4.78 is 2.15. The maximum Gasteiger partial charge on any atom is 0.159 e. The van der Waals surface area contributed by atoms with Crippen LogP contribution < -0.4 is 5.32 Å². The summed E-state index contributed by atoms with van der Waals surface area (Å²) in [6.07, 6.45) is 4.16. The van der Waals surface area contributed by atoms with Gasteiger partial charge in [0.2, 0.25) is 0 Å². The molecule has 2 atom stereocenters. The molecule has 4 heteroatoms. The van der Waals surface area contributed by atoms with Crippen LogP contribution in [0.15, 0.2) is 18.3 Å². The average molecular weight is 230 g/mol. The molecule has 0 saturated carbocycles. The van der Waals surface area contributed by atoms with Gasteiger partial charge in [-0.05, 0) is 38.4 Å². The van der Waals surface area contributed by atoms with Crippen LogP contribution in [-0.2, 0) is 7.05 Å². The SMILES string of the molecule is CC1CC(c2nc3cccnc3n2C)CCN1. The summed E-state index contributed by atoms with van der Waals surface area (Å²) in [5, 5.41) is 3.48. The van der Waals surface area contributed by atoms with Gasteiger partial charge in [-0.25, -0.2) is 9.97 Å². The second-order valence-corrected chi connectivity index (χ2v) is 4.95. The molecule has 2 aromatic rings. The fourth-order valence-electron chi connectivity index (χ4n) is 2.77. The topological polar surface area (TPSA) is 42.7 Å². The van der Waals surface area contributed by atoms with Crippen LogP contribution in [0.25, 0.3) is 11.2 Å². The van der Waals surface area contributed by atoms with Gasteiger partial charge in [0.15, 0.2) is 5.65 Å². The largest absolute Gasteiger partial charge is 0.316 e. The first kappa shape index (κ1) is 10.7. The van der Waals surface area contributed by atoms with Crippen molar-refractivity contribution >= 4 is 11.2 Å². The molecular formula is C13H18N4. The Morgan fingerprint density at radius 3 is 3.12 bits per heavy atom. The Labute approximate surface area is 101 Å². The molecule has 0 amide bonds. The number of imidazole rings is 1. The Balaban J connectivity index is 2.02. The Morgan fingerprint density at radius 1 is 1.47 bits per heavy atom. The van der Waals surface area contributed by atoms with E-state index in [9.17, 15) is 0 Å². The van der Waals surface area contributed by atoms with Crippen LogP contribution >= 0.6 is 0 Å². The summed E-state index contributed by atoms with van der Waals surface area (Å²) in [4.78, 5) is 9.14. The van der Waals surface area contributed by atoms with Crippen molar-refractivity contribution < 1.29 is 0 Å². The van der Waals surface area contributed by atoms with Crippen molar-refractivity contribution in [2.24, 2.45) is 7.05 Å². The zero-order valence-electron chi connectivity index (χ0n) is 10.3. The number of hydrogen-bond acceptors (Lipinski definition) is 3. The van der Waals surface area contributed by atoms with Gasteiger partial charge in [-0.3, -0.25) is 0 Å². The minimum atomic E-state index is 0.561. The van der Waals surface area contributed by atoms with Gasteiger partial charge in [0.05, 0.1) is 0 Å². The van der Waals surface area contributed by atoms with Gasteiger partial charge in [0, 0.05) is 25.2 Å². The number of fused-ring (bicyclic) bond motifs is 1. The van der Waals surface area contributed by atoms with Crippen molar-refractivity contribution in [2.75, 3.05) is 6.54 Å². The van der Waals surface area contributed by atoms with Crippen LogP contribution in [0, 0.1) is 0 Å². The van der Waals surface area contributed by atoms with Crippen molar-refractivity contribution in [3.05, 3.63) is 24.2 Å². The second kappa shape index (κ2) is 4.11. The zero-order chi connectivity index (χ0) is 11.8. The van der Waals surface area contributed by atoms with Gasteiger partial charge >= 0.3 is 0 Å². The lowest BCUT2D eigenvalue weighted by molar-refractivity contribution is 0.367. The van der Waals surface area contributed by atoms with Crippen LogP contribution in [0.5, 0.6) is 0 Å². The fraction of sp³-hybridized carbons (Fsp3) is 0.538. The van der Waals surface area contributed by atoms with Crippen molar-refractivity contribution in [1.82, 2.24) is 19.9 Å². The molecule has 2 unspecified atom stereocenters. The molecule has 1 saturated heterocycles. The quantitative estimate of drug-likeness (QED) is 0.812. The van der Waals surface area contributed by atoms with E-state index in [0.29, 0.717) is 12.0 Å². The van der Waals surface area contributed by atoms with Gasteiger partial charge in [-0.1, -0.05) is 0 Å². The Bertz CT molecular complexity index is 531. The minimum Gasteiger partial charge on any atom is -0.316 e. The lowest BCUT2D eigenvalue weighted by atomic mass is 9.92. The molecular weight excluding hydrogens is 212 g/mol. The molecule has 0 radical (unpaired) electrons. The highest BCUT2D eigenvalue weighted by Gasteiger charge is 2.24. The first-order valence-corrected chi connectivity index (χ1v) is 6.26. The molecule has 1 aliphatic heterocycles. The number of piperidine rings is 1. The van der Waals surface area contributed by atoms with Crippen LogP contribution in [0.3, 0.4) is 0 Å². The number of aryl methyl sites for hydroxylation is 1. The van der Waals surface area contributed by atoms with E-state index in [1.54, 1.807) is 0 Å². The van der Waals surface area contributed by atoms with Gasteiger partial charge in [-0.15, -0.1) is 0 Å². The number of aromatic nitrogens is 3. The summed E-state index contributed by atoms with van der Waals surface area (Å²) >= 11 is 0. The normalized spacial score (nSPS) is 25.3. The molecule has 4 nitrogen and oxygen atoms in total. The monoisotopic (exact) mass is 230 g/mol. The molecule has 1 N–H and O–H groups in total. The average Bonchev–Trinajstić information content (AvgIpc) is 2.68. The first-order chi connectivity index (χ1) is 8.25. The lowest BCUT2D eigenvalue weighted by Gasteiger charge is -2.27. The van der Waals surface area contributed by atoms with Crippen molar-refractivity contribution in [2.45, 2.75) is 31.7 Å². The van der Waals surface area contributed by atoms with Gasteiger partial charge in [0.25, 0.3) is 0 Å². The molecule has 0 aromatic carbocycles. The summed E-state index contributed by atoms with van der Waals surface area (Å²) in [6.45, 7) is 3.33. The highest BCUT2D eigenvalue weighted by Crippen LogP contribution is 2.28. The highest BCUT2D eigenvalue weighted by molar-refractivity contribution is 5.71. The van der Waals surface area contributed by atoms with Crippen LogP contribution in [-0.4, -0.2) is 27.1 Å².